The number of fused-ring (bicyclic) bond motifs is 1. The van der Waals surface area contributed by atoms with Crippen molar-refractivity contribution in [3.63, 3.8) is 0 Å². The van der Waals surface area contributed by atoms with Crippen molar-refractivity contribution < 1.29 is 14.4 Å². The van der Waals surface area contributed by atoms with E-state index >= 15 is 0 Å². The lowest BCUT2D eigenvalue weighted by Crippen LogP contribution is -2.54. The number of imidazole rings is 1. The summed E-state index contributed by atoms with van der Waals surface area (Å²) >= 11 is 0. The van der Waals surface area contributed by atoms with Crippen molar-refractivity contribution in [2.24, 2.45) is 5.92 Å². The van der Waals surface area contributed by atoms with E-state index in [1.54, 1.807) is 53.6 Å². The molecular formula is C28H28N4O3. The van der Waals surface area contributed by atoms with E-state index in [1.807, 2.05) is 56.3 Å². The highest BCUT2D eigenvalue weighted by Crippen LogP contribution is 2.19. The molecule has 3 aromatic carbocycles. The molecule has 7 heteroatoms. The number of carbonyl (C=O) groups excluding carboxylic acids is 3. The molecule has 0 saturated heterocycles. The Bertz CT molecular complexity index is 1310. The molecule has 0 fully saturated rings. The quantitative estimate of drug-likeness (QED) is 0.365. The Labute approximate surface area is 204 Å². The van der Waals surface area contributed by atoms with Gasteiger partial charge in [-0.25, -0.2) is 4.98 Å². The Morgan fingerprint density at radius 2 is 1.60 bits per heavy atom. The van der Waals surface area contributed by atoms with Gasteiger partial charge in [0.1, 0.15) is 12.1 Å². The van der Waals surface area contributed by atoms with Gasteiger partial charge >= 0.3 is 0 Å². The van der Waals surface area contributed by atoms with Crippen LogP contribution in [-0.4, -0.2) is 39.2 Å². The third kappa shape index (κ3) is 5.63. The van der Waals surface area contributed by atoms with Crippen LogP contribution < -0.4 is 10.6 Å². The van der Waals surface area contributed by atoms with Crippen LogP contribution >= 0.6 is 0 Å². The summed E-state index contributed by atoms with van der Waals surface area (Å²) in [7, 11) is 0. The molecule has 35 heavy (non-hydrogen) atoms. The van der Waals surface area contributed by atoms with E-state index in [1.165, 1.54) is 0 Å². The summed E-state index contributed by atoms with van der Waals surface area (Å²) in [5, 5.41) is 7.52. The molecule has 4 aromatic rings. The minimum absolute atomic E-state index is 0.199. The molecule has 0 aliphatic heterocycles. The van der Waals surface area contributed by atoms with Gasteiger partial charge in [0.15, 0.2) is 5.78 Å². The molecule has 0 bridgehead atoms. The van der Waals surface area contributed by atoms with Crippen LogP contribution in [0.15, 0.2) is 91.5 Å². The highest BCUT2D eigenvalue weighted by molar-refractivity contribution is 6.08. The van der Waals surface area contributed by atoms with E-state index in [0.29, 0.717) is 11.1 Å². The van der Waals surface area contributed by atoms with E-state index in [-0.39, 0.29) is 24.2 Å². The second-order valence-electron chi connectivity index (χ2n) is 8.77. The minimum Gasteiger partial charge on any atom is -0.342 e. The monoisotopic (exact) mass is 468 g/mol. The normalized spacial score (nSPS) is 12.8. The Kier molecular flexibility index (Phi) is 7.35. The molecule has 0 radical (unpaired) electrons. The Morgan fingerprint density at radius 3 is 2.31 bits per heavy atom. The molecule has 0 saturated carbocycles. The third-order valence-electron chi connectivity index (χ3n) is 5.91. The summed E-state index contributed by atoms with van der Waals surface area (Å²) in [4.78, 5) is 43.9. The van der Waals surface area contributed by atoms with Crippen molar-refractivity contribution in [1.29, 1.82) is 0 Å². The standard InChI is InChI=1S/C28H28N4O3/c1-19(2)25(31-27(34)23-14-8-12-20-9-6-7-13-22(20)23)28(35)30-24(17-32-16-15-29-18-32)26(33)21-10-4-3-5-11-21/h3-16,18-19,24-25H,17H2,1-2H3,(H,30,35)(H,31,34). The molecule has 7 nitrogen and oxygen atoms in total. The molecule has 4 rings (SSSR count). The fraction of sp³-hybridized carbons (Fsp3) is 0.214. The van der Waals surface area contributed by atoms with Gasteiger partial charge in [0.05, 0.1) is 12.9 Å². The molecule has 0 aliphatic rings. The summed E-state index contributed by atoms with van der Waals surface area (Å²) < 4.78 is 1.74. The van der Waals surface area contributed by atoms with Crippen LogP contribution in [0.2, 0.25) is 0 Å². The van der Waals surface area contributed by atoms with E-state index in [9.17, 15) is 14.4 Å². The van der Waals surface area contributed by atoms with Gasteiger partial charge in [-0.15, -0.1) is 0 Å². The maximum Gasteiger partial charge on any atom is 0.252 e. The highest BCUT2D eigenvalue weighted by atomic mass is 16.2. The number of aromatic nitrogens is 2. The van der Waals surface area contributed by atoms with E-state index in [4.69, 9.17) is 0 Å². The fourth-order valence-corrected chi connectivity index (χ4v) is 4.04. The predicted octanol–water partition coefficient (Wildman–Crippen LogP) is 3.86. The van der Waals surface area contributed by atoms with Crippen LogP contribution in [0, 0.1) is 5.92 Å². The van der Waals surface area contributed by atoms with Gasteiger partial charge in [-0.1, -0.05) is 80.6 Å². The lowest BCUT2D eigenvalue weighted by molar-refractivity contribution is -0.124. The van der Waals surface area contributed by atoms with Crippen LogP contribution in [0.4, 0.5) is 0 Å². The van der Waals surface area contributed by atoms with Gasteiger partial charge in [0, 0.05) is 23.5 Å². The zero-order valence-corrected chi connectivity index (χ0v) is 19.7. The number of carbonyl (C=O) groups is 3. The maximum absolute atomic E-state index is 13.4. The summed E-state index contributed by atoms with van der Waals surface area (Å²) in [6, 6.07) is 20.3. The molecule has 178 valence electrons. The van der Waals surface area contributed by atoms with Gasteiger partial charge < -0.3 is 15.2 Å². The molecule has 2 N–H and O–H groups in total. The van der Waals surface area contributed by atoms with E-state index in [2.05, 4.69) is 15.6 Å². The van der Waals surface area contributed by atoms with Crippen LogP contribution in [0.5, 0.6) is 0 Å². The molecule has 2 amide bonds. The zero-order chi connectivity index (χ0) is 24.8. The number of benzene rings is 3. The first-order valence-corrected chi connectivity index (χ1v) is 11.6. The highest BCUT2D eigenvalue weighted by Gasteiger charge is 2.30. The summed E-state index contributed by atoms with van der Waals surface area (Å²) in [5.41, 5.74) is 0.996. The van der Waals surface area contributed by atoms with E-state index in [0.717, 1.165) is 10.8 Å². The zero-order valence-electron chi connectivity index (χ0n) is 19.7. The van der Waals surface area contributed by atoms with Crippen LogP contribution in [0.1, 0.15) is 34.6 Å². The number of Topliss-reactive ketones (excluding diaryl/α,β-unsaturated/α-hetero) is 1. The van der Waals surface area contributed by atoms with Gasteiger partial charge in [-0.05, 0) is 22.8 Å². The Hall–Kier alpha value is -4.26. The first-order chi connectivity index (χ1) is 16.9. The lowest BCUT2D eigenvalue weighted by atomic mass is 9.99. The molecule has 0 spiro atoms. The van der Waals surface area contributed by atoms with Crippen LogP contribution in [-0.2, 0) is 11.3 Å². The van der Waals surface area contributed by atoms with Crippen LogP contribution in [0.25, 0.3) is 10.8 Å². The second kappa shape index (κ2) is 10.8. The first kappa shape index (κ1) is 23.9. The van der Waals surface area contributed by atoms with Crippen LogP contribution in [0.3, 0.4) is 0 Å². The molecule has 1 aromatic heterocycles. The molecular weight excluding hydrogens is 440 g/mol. The van der Waals surface area contributed by atoms with Crippen molar-refractivity contribution in [3.8, 4) is 0 Å². The predicted molar refractivity (Wildman–Crippen MR) is 135 cm³/mol. The maximum atomic E-state index is 13.4. The van der Waals surface area contributed by atoms with Gasteiger partial charge in [-0.2, -0.15) is 0 Å². The number of ketones is 1. The molecule has 2 atom stereocenters. The number of rotatable bonds is 9. The van der Waals surface area contributed by atoms with Crippen molar-refractivity contribution in [2.75, 3.05) is 0 Å². The SMILES string of the molecule is CC(C)C(NC(=O)c1cccc2ccccc12)C(=O)NC(Cn1ccnc1)C(=O)c1ccccc1. The lowest BCUT2D eigenvalue weighted by Gasteiger charge is -2.25. The first-order valence-electron chi connectivity index (χ1n) is 11.6. The fourth-order valence-electron chi connectivity index (χ4n) is 4.04. The number of hydrogen-bond acceptors (Lipinski definition) is 4. The van der Waals surface area contributed by atoms with Crippen molar-refractivity contribution in [2.45, 2.75) is 32.5 Å². The van der Waals surface area contributed by atoms with Gasteiger partial charge in [0.25, 0.3) is 5.91 Å². The second-order valence-corrected chi connectivity index (χ2v) is 8.77. The minimum atomic E-state index is -0.824. The average molecular weight is 469 g/mol. The number of hydrogen-bond donors (Lipinski definition) is 2. The van der Waals surface area contributed by atoms with E-state index < -0.39 is 18.0 Å². The number of nitrogens with one attached hydrogen (secondary N) is 2. The van der Waals surface area contributed by atoms with Gasteiger partial charge in [-0.3, -0.25) is 14.4 Å². The largest absolute Gasteiger partial charge is 0.342 e. The number of nitrogens with zero attached hydrogens (tertiary/aromatic N) is 2. The molecule has 1 heterocycles. The Balaban J connectivity index is 1.55. The topological polar surface area (TPSA) is 93.1 Å². The average Bonchev–Trinajstić information content (AvgIpc) is 3.39. The summed E-state index contributed by atoms with van der Waals surface area (Å²) in [6.07, 6.45) is 4.95. The smallest absolute Gasteiger partial charge is 0.252 e. The number of amides is 2. The van der Waals surface area contributed by atoms with Gasteiger partial charge in [0.2, 0.25) is 5.91 Å². The Morgan fingerprint density at radius 1 is 0.886 bits per heavy atom. The van der Waals surface area contributed by atoms with Crippen molar-refractivity contribution in [3.05, 3.63) is 103 Å². The molecule has 2 unspecified atom stereocenters. The molecule has 0 aliphatic carbocycles. The van der Waals surface area contributed by atoms with Crippen molar-refractivity contribution >= 4 is 28.4 Å². The summed E-state index contributed by atoms with van der Waals surface area (Å²) in [5.74, 6) is -1.16. The van der Waals surface area contributed by atoms with Crippen molar-refractivity contribution in [1.82, 2.24) is 20.2 Å². The third-order valence-corrected chi connectivity index (χ3v) is 5.91. The summed E-state index contributed by atoms with van der Waals surface area (Å²) in [6.45, 7) is 3.94.